The fourth-order valence-electron chi connectivity index (χ4n) is 2.84. The van der Waals surface area contributed by atoms with Crippen LogP contribution in [-0.2, 0) is 9.47 Å². The number of benzene rings is 2. The quantitative estimate of drug-likeness (QED) is 0.440. The lowest BCUT2D eigenvalue weighted by molar-refractivity contribution is -0.275. The Morgan fingerprint density at radius 1 is 0.935 bits per heavy atom. The molecule has 0 unspecified atom stereocenters. The summed E-state index contributed by atoms with van der Waals surface area (Å²) in [4.78, 5) is 25.0. The lowest BCUT2D eigenvalue weighted by atomic mass is 10.0. The van der Waals surface area contributed by atoms with E-state index in [1.807, 2.05) is 0 Å². The molecule has 0 saturated heterocycles. The van der Waals surface area contributed by atoms with E-state index in [1.54, 1.807) is 30.3 Å². The van der Waals surface area contributed by atoms with Crippen molar-refractivity contribution in [1.82, 2.24) is 9.78 Å². The Hall–Kier alpha value is -3.89. The number of carbonyl (C=O) groups is 2. The van der Waals surface area contributed by atoms with Crippen LogP contribution in [0.3, 0.4) is 0 Å². The number of rotatable bonds is 5. The molecule has 0 fully saturated rings. The van der Waals surface area contributed by atoms with Crippen molar-refractivity contribution >= 4 is 11.9 Å². The van der Waals surface area contributed by atoms with Crippen LogP contribution in [-0.4, -0.2) is 42.3 Å². The minimum absolute atomic E-state index is 0.308. The molecular formula is C20H14F4N2O5. The summed E-state index contributed by atoms with van der Waals surface area (Å²) in [6, 6.07) is 10.9. The summed E-state index contributed by atoms with van der Waals surface area (Å²) in [5, 5.41) is 4.13. The van der Waals surface area contributed by atoms with Crippen LogP contribution in [0.5, 0.6) is 5.75 Å². The van der Waals surface area contributed by atoms with Gasteiger partial charge in [0.15, 0.2) is 17.3 Å². The Labute approximate surface area is 172 Å². The second kappa shape index (κ2) is 8.46. The van der Waals surface area contributed by atoms with Crippen LogP contribution in [0.2, 0.25) is 0 Å². The molecule has 0 spiro atoms. The van der Waals surface area contributed by atoms with Crippen molar-refractivity contribution in [2.45, 2.75) is 6.36 Å². The Morgan fingerprint density at radius 3 is 2.16 bits per heavy atom. The van der Waals surface area contributed by atoms with Crippen molar-refractivity contribution in [2.75, 3.05) is 14.2 Å². The molecule has 0 saturated carbocycles. The molecule has 2 aromatic carbocycles. The Morgan fingerprint density at radius 2 is 1.58 bits per heavy atom. The first-order valence-corrected chi connectivity index (χ1v) is 8.57. The second-order valence-corrected chi connectivity index (χ2v) is 5.97. The van der Waals surface area contributed by atoms with Gasteiger partial charge in [-0.3, -0.25) is 0 Å². The maximum Gasteiger partial charge on any atom is 0.573 e. The van der Waals surface area contributed by atoms with Crippen LogP contribution in [0.25, 0.3) is 16.9 Å². The summed E-state index contributed by atoms with van der Waals surface area (Å²) in [5.41, 5.74) is -1.51. The maximum atomic E-state index is 14.9. The van der Waals surface area contributed by atoms with Gasteiger partial charge in [-0.05, 0) is 24.3 Å². The van der Waals surface area contributed by atoms with E-state index < -0.39 is 52.4 Å². The highest BCUT2D eigenvalue weighted by Gasteiger charge is 2.35. The Balaban J connectivity index is 2.33. The molecule has 1 heterocycles. The molecule has 0 atom stereocenters. The van der Waals surface area contributed by atoms with Crippen molar-refractivity contribution in [3.63, 3.8) is 0 Å². The number of carbonyl (C=O) groups excluding carboxylic acids is 2. The van der Waals surface area contributed by atoms with E-state index in [0.717, 1.165) is 37.1 Å². The van der Waals surface area contributed by atoms with Gasteiger partial charge in [0.2, 0.25) is 0 Å². The van der Waals surface area contributed by atoms with Gasteiger partial charge in [-0.25, -0.2) is 18.7 Å². The van der Waals surface area contributed by atoms with Crippen molar-refractivity contribution in [3.05, 3.63) is 65.6 Å². The van der Waals surface area contributed by atoms with Crippen molar-refractivity contribution in [3.8, 4) is 22.7 Å². The SMILES string of the molecule is COC(=O)c1c(-c2cccc(OC(F)(F)F)c2F)nn(-c2ccccc2)c1C(=O)OC. The largest absolute Gasteiger partial charge is 0.573 e. The monoisotopic (exact) mass is 438 g/mol. The first kappa shape index (κ1) is 21.8. The van der Waals surface area contributed by atoms with Crippen molar-refractivity contribution in [1.29, 1.82) is 0 Å². The third kappa shape index (κ3) is 4.34. The van der Waals surface area contributed by atoms with Gasteiger partial charge in [0.1, 0.15) is 11.3 Å². The molecule has 0 aliphatic heterocycles. The Kier molecular flexibility index (Phi) is 5.95. The van der Waals surface area contributed by atoms with Crippen LogP contribution in [0.4, 0.5) is 17.6 Å². The highest BCUT2D eigenvalue weighted by molar-refractivity contribution is 6.06. The van der Waals surface area contributed by atoms with Crippen LogP contribution < -0.4 is 4.74 Å². The second-order valence-electron chi connectivity index (χ2n) is 5.97. The first-order valence-electron chi connectivity index (χ1n) is 8.57. The molecule has 0 aliphatic rings. The molecule has 3 aromatic rings. The minimum atomic E-state index is -5.15. The van der Waals surface area contributed by atoms with Gasteiger partial charge in [-0.15, -0.1) is 13.2 Å². The van der Waals surface area contributed by atoms with E-state index >= 15 is 0 Å². The van der Waals surface area contributed by atoms with Gasteiger partial charge in [0.25, 0.3) is 0 Å². The number of halogens is 4. The van der Waals surface area contributed by atoms with E-state index in [1.165, 1.54) is 0 Å². The third-order valence-electron chi connectivity index (χ3n) is 4.10. The third-order valence-corrected chi connectivity index (χ3v) is 4.10. The minimum Gasteiger partial charge on any atom is -0.465 e. The number of aromatic nitrogens is 2. The predicted molar refractivity (Wildman–Crippen MR) is 98.3 cm³/mol. The van der Waals surface area contributed by atoms with E-state index in [4.69, 9.17) is 9.47 Å². The highest BCUT2D eigenvalue weighted by Crippen LogP contribution is 2.35. The van der Waals surface area contributed by atoms with E-state index in [0.29, 0.717) is 5.69 Å². The Bertz CT molecular complexity index is 1130. The standard InChI is InChI=1S/C20H14F4N2O5/c1-29-18(27)14-16(12-9-6-10-13(15(12)21)31-20(22,23)24)25-26(17(14)19(28)30-2)11-7-4-3-5-8-11/h3-10H,1-2H3. The number of alkyl halides is 3. The average molecular weight is 438 g/mol. The van der Waals surface area contributed by atoms with Gasteiger partial charge < -0.3 is 14.2 Å². The number of nitrogens with zero attached hydrogens (tertiary/aromatic N) is 2. The van der Waals surface area contributed by atoms with E-state index in [-0.39, 0.29) is 0 Å². The zero-order valence-corrected chi connectivity index (χ0v) is 16.1. The molecule has 1 aromatic heterocycles. The number of hydrogen-bond acceptors (Lipinski definition) is 6. The van der Waals surface area contributed by atoms with E-state index in [9.17, 15) is 27.2 Å². The molecule has 11 heteroatoms. The molecule has 0 aliphatic carbocycles. The summed E-state index contributed by atoms with van der Waals surface area (Å²) in [5.74, 6) is -4.63. The lowest BCUT2D eigenvalue weighted by Crippen LogP contribution is -2.18. The normalized spacial score (nSPS) is 11.2. The fraction of sp³-hybridized carbons (Fsp3) is 0.150. The summed E-state index contributed by atoms with van der Waals surface area (Å²) >= 11 is 0. The highest BCUT2D eigenvalue weighted by atomic mass is 19.4. The number of hydrogen-bond donors (Lipinski definition) is 0. The topological polar surface area (TPSA) is 79.7 Å². The van der Waals surface area contributed by atoms with Crippen LogP contribution in [0, 0.1) is 5.82 Å². The molecule has 0 amide bonds. The van der Waals surface area contributed by atoms with Crippen LogP contribution in [0.15, 0.2) is 48.5 Å². The molecule has 0 radical (unpaired) electrons. The number of ether oxygens (including phenoxy) is 3. The fourth-order valence-corrected chi connectivity index (χ4v) is 2.84. The molecule has 162 valence electrons. The number of esters is 2. The van der Waals surface area contributed by atoms with Gasteiger partial charge in [-0.2, -0.15) is 5.10 Å². The predicted octanol–water partition coefficient (Wildman–Crippen LogP) is 4.15. The summed E-state index contributed by atoms with van der Waals surface area (Å²) in [7, 11) is 2.08. The van der Waals surface area contributed by atoms with Gasteiger partial charge in [0.05, 0.1) is 19.9 Å². The van der Waals surface area contributed by atoms with Gasteiger partial charge in [0, 0.05) is 5.56 Å². The smallest absolute Gasteiger partial charge is 0.465 e. The molecule has 31 heavy (non-hydrogen) atoms. The maximum absolute atomic E-state index is 14.9. The van der Waals surface area contributed by atoms with Crippen molar-refractivity contribution in [2.24, 2.45) is 0 Å². The zero-order chi connectivity index (χ0) is 22.8. The summed E-state index contributed by atoms with van der Waals surface area (Å²) < 4.78 is 66.9. The number of methoxy groups -OCH3 is 2. The number of para-hydroxylation sites is 1. The van der Waals surface area contributed by atoms with Crippen molar-refractivity contribution < 1.29 is 41.4 Å². The molecule has 0 bridgehead atoms. The summed E-state index contributed by atoms with van der Waals surface area (Å²) in [6.45, 7) is 0. The lowest BCUT2D eigenvalue weighted by Gasteiger charge is -2.11. The zero-order valence-electron chi connectivity index (χ0n) is 16.1. The molecular weight excluding hydrogens is 424 g/mol. The van der Waals surface area contributed by atoms with Crippen LogP contribution >= 0.6 is 0 Å². The van der Waals surface area contributed by atoms with Gasteiger partial charge >= 0.3 is 18.3 Å². The summed E-state index contributed by atoms with van der Waals surface area (Å²) in [6.07, 6.45) is -5.15. The molecule has 7 nitrogen and oxygen atoms in total. The molecule has 3 rings (SSSR count). The first-order chi connectivity index (χ1) is 14.7. The van der Waals surface area contributed by atoms with E-state index in [2.05, 4.69) is 9.84 Å². The van der Waals surface area contributed by atoms with Gasteiger partial charge in [-0.1, -0.05) is 24.3 Å². The molecule has 0 N–H and O–H groups in total. The van der Waals surface area contributed by atoms with Crippen LogP contribution in [0.1, 0.15) is 20.8 Å². The average Bonchev–Trinajstić information content (AvgIpc) is 3.14.